The summed E-state index contributed by atoms with van der Waals surface area (Å²) >= 11 is 5.81. The topological polar surface area (TPSA) is 95.2 Å². The van der Waals surface area contributed by atoms with E-state index >= 15 is 0 Å². The molecule has 0 atom stereocenters. The zero-order valence-corrected chi connectivity index (χ0v) is 16.7. The summed E-state index contributed by atoms with van der Waals surface area (Å²) in [7, 11) is 1.66. The molecule has 1 aromatic heterocycles. The summed E-state index contributed by atoms with van der Waals surface area (Å²) < 4.78 is 0. The van der Waals surface area contributed by atoms with E-state index in [2.05, 4.69) is 15.3 Å². The summed E-state index contributed by atoms with van der Waals surface area (Å²) in [4.78, 5) is 45.1. The zero-order valence-electron chi connectivity index (χ0n) is 15.9. The molecule has 2 N–H and O–H groups in total. The number of hydrogen-bond acceptors (Lipinski definition) is 4. The summed E-state index contributed by atoms with van der Waals surface area (Å²) in [5, 5.41) is 3.86. The number of rotatable bonds is 7. The lowest BCUT2D eigenvalue weighted by Crippen LogP contribution is -2.30. The second-order valence-electron chi connectivity index (χ2n) is 6.65. The highest BCUT2D eigenvalue weighted by Crippen LogP contribution is 2.10. The molecule has 0 bridgehead atoms. The van der Waals surface area contributed by atoms with E-state index in [0.717, 1.165) is 0 Å². The van der Waals surface area contributed by atoms with Gasteiger partial charge < -0.3 is 15.2 Å². The van der Waals surface area contributed by atoms with Crippen molar-refractivity contribution in [2.24, 2.45) is 0 Å². The molecule has 0 spiro atoms. The van der Waals surface area contributed by atoms with Crippen LogP contribution in [0.2, 0.25) is 5.02 Å². The molecule has 0 aliphatic heterocycles. The van der Waals surface area contributed by atoms with Crippen molar-refractivity contribution >= 4 is 34.3 Å². The maximum absolute atomic E-state index is 12.3. The third-order valence-corrected chi connectivity index (χ3v) is 4.69. The fraction of sp³-hybridized carbons (Fsp3) is 0.238. The van der Waals surface area contributed by atoms with Gasteiger partial charge in [0.25, 0.3) is 11.5 Å². The number of nitrogens with zero attached hydrogens (tertiary/aromatic N) is 2. The summed E-state index contributed by atoms with van der Waals surface area (Å²) in [6, 6.07) is 13.7. The Kier molecular flexibility index (Phi) is 6.61. The minimum Gasteiger partial charge on any atom is -0.352 e. The van der Waals surface area contributed by atoms with E-state index < -0.39 is 0 Å². The third-order valence-electron chi connectivity index (χ3n) is 4.43. The van der Waals surface area contributed by atoms with Gasteiger partial charge in [-0.15, -0.1) is 0 Å². The van der Waals surface area contributed by atoms with Gasteiger partial charge in [0, 0.05) is 30.6 Å². The van der Waals surface area contributed by atoms with Gasteiger partial charge in [-0.25, -0.2) is 4.98 Å². The molecule has 0 unspecified atom stereocenters. The highest BCUT2D eigenvalue weighted by molar-refractivity contribution is 6.30. The molecule has 0 fully saturated rings. The summed E-state index contributed by atoms with van der Waals surface area (Å²) in [5.41, 5.74) is 0.887. The van der Waals surface area contributed by atoms with Crippen LogP contribution in [0, 0.1) is 0 Å². The average Bonchev–Trinajstić information content (AvgIpc) is 2.71. The number of halogens is 1. The Balaban J connectivity index is 1.47. The maximum atomic E-state index is 12.3. The van der Waals surface area contributed by atoms with Gasteiger partial charge in [-0.3, -0.25) is 14.4 Å². The van der Waals surface area contributed by atoms with E-state index in [4.69, 9.17) is 11.6 Å². The Bertz CT molecular complexity index is 1080. The van der Waals surface area contributed by atoms with Gasteiger partial charge in [0.05, 0.1) is 17.4 Å². The standard InChI is InChI=1S/C21H21ClN4O3/c1-26(13-18-24-17-6-3-2-5-16(17)21(29)25-18)19(27)7-4-12-23-20(28)14-8-10-15(22)11-9-14/h2-3,5-6,8-11H,4,7,12-13H2,1H3,(H,23,28)(H,24,25,29). The first-order chi connectivity index (χ1) is 13.9. The fourth-order valence-corrected chi connectivity index (χ4v) is 2.98. The van der Waals surface area contributed by atoms with Crippen molar-refractivity contribution in [3.8, 4) is 0 Å². The number of nitrogens with one attached hydrogen (secondary N) is 2. The summed E-state index contributed by atoms with van der Waals surface area (Å²) in [5.74, 6) is 0.127. The molecule has 7 nitrogen and oxygen atoms in total. The normalized spacial score (nSPS) is 10.7. The lowest BCUT2D eigenvalue weighted by atomic mass is 10.2. The van der Waals surface area contributed by atoms with E-state index in [1.54, 1.807) is 49.5 Å². The van der Waals surface area contributed by atoms with Crippen molar-refractivity contribution in [2.75, 3.05) is 13.6 Å². The molecule has 0 aliphatic carbocycles. The number of benzene rings is 2. The number of H-pyrrole nitrogens is 1. The van der Waals surface area contributed by atoms with Gasteiger partial charge in [0.1, 0.15) is 5.82 Å². The SMILES string of the molecule is CN(Cc1nc2ccccc2c(=O)[nH]1)C(=O)CCCNC(=O)c1ccc(Cl)cc1. The molecule has 150 valence electrons. The van der Waals surface area contributed by atoms with Crippen molar-refractivity contribution in [1.82, 2.24) is 20.2 Å². The fourth-order valence-electron chi connectivity index (χ4n) is 2.86. The lowest BCUT2D eigenvalue weighted by Gasteiger charge is -2.16. The van der Waals surface area contributed by atoms with Crippen LogP contribution in [0.3, 0.4) is 0 Å². The highest BCUT2D eigenvalue weighted by Gasteiger charge is 2.12. The Labute approximate surface area is 172 Å². The van der Waals surface area contributed by atoms with Crippen LogP contribution in [0.15, 0.2) is 53.3 Å². The van der Waals surface area contributed by atoms with Gasteiger partial charge in [-0.2, -0.15) is 0 Å². The Morgan fingerprint density at radius 2 is 1.86 bits per heavy atom. The first-order valence-corrected chi connectivity index (χ1v) is 9.57. The number of hydrogen-bond donors (Lipinski definition) is 2. The number of aromatic amines is 1. The van der Waals surface area contributed by atoms with Crippen LogP contribution in [0.25, 0.3) is 10.9 Å². The molecule has 1 heterocycles. The van der Waals surface area contributed by atoms with E-state index in [1.807, 2.05) is 6.07 Å². The number of carbonyl (C=O) groups excluding carboxylic acids is 2. The Morgan fingerprint density at radius 1 is 1.14 bits per heavy atom. The predicted molar refractivity (Wildman–Crippen MR) is 112 cm³/mol. The van der Waals surface area contributed by atoms with Crippen molar-refractivity contribution < 1.29 is 9.59 Å². The quantitative estimate of drug-likeness (QED) is 0.583. The Hall–Kier alpha value is -3.19. The molecule has 8 heteroatoms. The average molecular weight is 413 g/mol. The minimum absolute atomic E-state index is 0.0958. The van der Waals surface area contributed by atoms with Crippen LogP contribution >= 0.6 is 11.6 Å². The summed E-state index contributed by atoms with van der Waals surface area (Å²) in [6.07, 6.45) is 0.777. The first-order valence-electron chi connectivity index (χ1n) is 9.19. The van der Waals surface area contributed by atoms with Crippen LogP contribution in [0.1, 0.15) is 29.0 Å². The molecule has 0 saturated heterocycles. The van der Waals surface area contributed by atoms with E-state index in [-0.39, 0.29) is 30.3 Å². The van der Waals surface area contributed by atoms with Crippen LogP contribution in [0.4, 0.5) is 0 Å². The first kappa shape index (κ1) is 20.5. The molecule has 29 heavy (non-hydrogen) atoms. The van der Waals surface area contributed by atoms with Crippen LogP contribution in [-0.4, -0.2) is 40.3 Å². The minimum atomic E-state index is -0.226. The Morgan fingerprint density at radius 3 is 2.62 bits per heavy atom. The molecule has 0 radical (unpaired) electrons. The monoisotopic (exact) mass is 412 g/mol. The van der Waals surface area contributed by atoms with Crippen LogP contribution in [-0.2, 0) is 11.3 Å². The van der Waals surface area contributed by atoms with Crippen LogP contribution < -0.4 is 10.9 Å². The second-order valence-corrected chi connectivity index (χ2v) is 7.08. The second kappa shape index (κ2) is 9.34. The van der Waals surface area contributed by atoms with Gasteiger partial charge in [-0.05, 0) is 42.8 Å². The van der Waals surface area contributed by atoms with E-state index in [0.29, 0.717) is 40.3 Å². The third kappa shape index (κ3) is 5.42. The van der Waals surface area contributed by atoms with Gasteiger partial charge in [0.15, 0.2) is 0 Å². The van der Waals surface area contributed by atoms with Crippen LogP contribution in [0.5, 0.6) is 0 Å². The molecule has 0 saturated carbocycles. The predicted octanol–water partition coefficient (Wildman–Crippen LogP) is 2.75. The van der Waals surface area contributed by atoms with Crippen molar-refractivity contribution in [2.45, 2.75) is 19.4 Å². The van der Waals surface area contributed by atoms with E-state index in [1.165, 1.54) is 4.90 Å². The number of fused-ring (bicyclic) bond motifs is 1. The smallest absolute Gasteiger partial charge is 0.258 e. The van der Waals surface area contributed by atoms with Gasteiger partial charge in [-0.1, -0.05) is 23.7 Å². The highest BCUT2D eigenvalue weighted by atomic mass is 35.5. The molecule has 2 aromatic carbocycles. The summed E-state index contributed by atoms with van der Waals surface area (Å²) in [6.45, 7) is 0.585. The molecular weight excluding hydrogens is 392 g/mol. The van der Waals surface area contributed by atoms with Crippen molar-refractivity contribution in [3.63, 3.8) is 0 Å². The zero-order chi connectivity index (χ0) is 20.8. The largest absolute Gasteiger partial charge is 0.352 e. The van der Waals surface area contributed by atoms with Gasteiger partial charge in [0.2, 0.25) is 5.91 Å². The number of para-hydroxylation sites is 1. The lowest BCUT2D eigenvalue weighted by molar-refractivity contribution is -0.130. The molecule has 0 aliphatic rings. The molecule has 3 aromatic rings. The van der Waals surface area contributed by atoms with Crippen molar-refractivity contribution in [1.29, 1.82) is 0 Å². The molecule has 3 rings (SSSR count). The van der Waals surface area contributed by atoms with Gasteiger partial charge >= 0.3 is 0 Å². The number of carbonyl (C=O) groups is 2. The molecule has 2 amide bonds. The van der Waals surface area contributed by atoms with Crippen molar-refractivity contribution in [3.05, 3.63) is 75.3 Å². The molecular formula is C21H21ClN4O3. The van der Waals surface area contributed by atoms with E-state index in [9.17, 15) is 14.4 Å². The maximum Gasteiger partial charge on any atom is 0.258 e. The number of aromatic nitrogens is 2. The number of amides is 2.